The molecule has 0 saturated heterocycles. The molecule has 0 unspecified atom stereocenters. The van der Waals surface area contributed by atoms with E-state index in [-0.39, 0.29) is 16.5 Å². The van der Waals surface area contributed by atoms with Crippen LogP contribution in [0.25, 0.3) is 0 Å². The highest BCUT2D eigenvalue weighted by molar-refractivity contribution is 9.10. The van der Waals surface area contributed by atoms with Gasteiger partial charge in [-0.2, -0.15) is 5.10 Å². The minimum Gasteiger partial charge on any atom is -0.495 e. The van der Waals surface area contributed by atoms with Crippen LogP contribution in [0.15, 0.2) is 64.4 Å². The number of benzene rings is 1. The van der Waals surface area contributed by atoms with Crippen LogP contribution in [0.1, 0.15) is 5.56 Å². The van der Waals surface area contributed by atoms with Crippen molar-refractivity contribution in [3.63, 3.8) is 0 Å². The third kappa shape index (κ3) is 4.18. The maximum absolute atomic E-state index is 12.6. The number of anilines is 1. The Balaban J connectivity index is 1.81. The lowest BCUT2D eigenvalue weighted by Gasteiger charge is -2.10. The molecular formula is C16H15BrN4O3S. The van der Waals surface area contributed by atoms with Crippen LogP contribution >= 0.6 is 15.9 Å². The Bertz CT molecular complexity index is 974. The maximum atomic E-state index is 12.6. The van der Waals surface area contributed by atoms with Crippen molar-refractivity contribution in [1.82, 2.24) is 14.8 Å². The molecule has 3 aromatic rings. The van der Waals surface area contributed by atoms with Gasteiger partial charge in [0.25, 0.3) is 10.0 Å². The molecule has 9 heteroatoms. The van der Waals surface area contributed by atoms with Crippen molar-refractivity contribution in [3.8, 4) is 5.75 Å². The third-order valence-electron chi connectivity index (χ3n) is 3.39. The first-order chi connectivity index (χ1) is 12.0. The molecule has 2 aromatic heterocycles. The zero-order valence-electron chi connectivity index (χ0n) is 13.3. The summed E-state index contributed by atoms with van der Waals surface area (Å²) in [6.45, 7) is 0.518. The second-order valence-electron chi connectivity index (χ2n) is 5.15. The maximum Gasteiger partial charge on any atom is 0.266 e. The Morgan fingerprint density at radius 3 is 2.68 bits per heavy atom. The summed E-state index contributed by atoms with van der Waals surface area (Å²) < 4.78 is 35.2. The summed E-state index contributed by atoms with van der Waals surface area (Å²) in [5, 5.41) is 4.25. The Morgan fingerprint density at radius 1 is 1.20 bits per heavy atom. The molecule has 0 saturated carbocycles. The van der Waals surface area contributed by atoms with Crippen molar-refractivity contribution in [3.05, 3.63) is 65.0 Å². The van der Waals surface area contributed by atoms with Crippen molar-refractivity contribution in [2.45, 2.75) is 11.4 Å². The molecule has 0 bridgehead atoms. The topological polar surface area (TPSA) is 86.1 Å². The van der Waals surface area contributed by atoms with Gasteiger partial charge in [0, 0.05) is 29.1 Å². The monoisotopic (exact) mass is 422 g/mol. The van der Waals surface area contributed by atoms with Gasteiger partial charge >= 0.3 is 0 Å². The molecular weight excluding hydrogens is 408 g/mol. The van der Waals surface area contributed by atoms with E-state index in [0.717, 1.165) is 5.56 Å². The quantitative estimate of drug-likeness (QED) is 0.659. The minimum atomic E-state index is -3.83. The lowest BCUT2D eigenvalue weighted by molar-refractivity contribution is 0.403. The van der Waals surface area contributed by atoms with E-state index in [0.29, 0.717) is 11.0 Å². The number of nitrogens with one attached hydrogen (secondary N) is 1. The second-order valence-corrected chi connectivity index (χ2v) is 7.72. The first-order valence-corrected chi connectivity index (χ1v) is 9.54. The van der Waals surface area contributed by atoms with E-state index >= 15 is 0 Å². The summed E-state index contributed by atoms with van der Waals surface area (Å²) in [5.74, 6) is 0.489. The van der Waals surface area contributed by atoms with Crippen molar-refractivity contribution >= 4 is 31.8 Å². The van der Waals surface area contributed by atoms with Gasteiger partial charge in [-0.15, -0.1) is 0 Å². The molecule has 0 aliphatic heterocycles. The summed E-state index contributed by atoms with van der Waals surface area (Å²) in [5.41, 5.74) is 1.01. The summed E-state index contributed by atoms with van der Waals surface area (Å²) in [4.78, 5) is 4.00. The summed E-state index contributed by atoms with van der Waals surface area (Å²) in [6, 6.07) is 10.1. The van der Waals surface area contributed by atoms with E-state index in [9.17, 15) is 8.42 Å². The Kier molecular flexibility index (Phi) is 5.05. The molecule has 1 N–H and O–H groups in total. The van der Waals surface area contributed by atoms with Gasteiger partial charge in [0.2, 0.25) is 0 Å². The Morgan fingerprint density at radius 2 is 1.96 bits per heavy atom. The van der Waals surface area contributed by atoms with Crippen molar-refractivity contribution < 1.29 is 13.2 Å². The number of halogens is 1. The molecule has 0 aliphatic carbocycles. The van der Waals surface area contributed by atoms with Crippen molar-refractivity contribution in [2.75, 3.05) is 11.8 Å². The standard InChI is InChI=1S/C16H15BrN4O3S/c1-24-14-3-2-13(17)10-15(14)25(22,23)20-16-6-9-21(19-16)11-12-4-7-18-8-5-12/h2-10H,11H2,1H3,(H,19,20). The molecule has 2 heterocycles. The van der Waals surface area contributed by atoms with Crippen LogP contribution in [0, 0.1) is 0 Å². The largest absolute Gasteiger partial charge is 0.495 e. The lowest BCUT2D eigenvalue weighted by atomic mass is 10.3. The molecule has 130 valence electrons. The van der Waals surface area contributed by atoms with E-state index in [1.54, 1.807) is 41.5 Å². The summed E-state index contributed by atoms with van der Waals surface area (Å²) in [6.07, 6.45) is 5.10. The molecule has 3 rings (SSSR count). The number of rotatable bonds is 6. The molecule has 0 aliphatic rings. The Labute approximate surface area is 153 Å². The number of methoxy groups -OCH3 is 1. The molecule has 0 fully saturated rings. The summed E-state index contributed by atoms with van der Waals surface area (Å²) in [7, 11) is -2.41. The van der Waals surface area contributed by atoms with E-state index in [1.807, 2.05) is 12.1 Å². The minimum absolute atomic E-state index is 0.0352. The average molecular weight is 423 g/mol. The van der Waals surface area contributed by atoms with Crippen LogP contribution in [0.4, 0.5) is 5.82 Å². The lowest BCUT2D eigenvalue weighted by Crippen LogP contribution is -2.15. The Hall–Kier alpha value is -2.39. The predicted octanol–water partition coefficient (Wildman–Crippen LogP) is 2.90. The summed E-state index contributed by atoms with van der Waals surface area (Å²) >= 11 is 3.27. The molecule has 0 radical (unpaired) electrons. The van der Waals surface area contributed by atoms with Crippen molar-refractivity contribution in [1.29, 1.82) is 0 Å². The van der Waals surface area contributed by atoms with Crippen LogP contribution in [-0.4, -0.2) is 30.3 Å². The molecule has 25 heavy (non-hydrogen) atoms. The smallest absolute Gasteiger partial charge is 0.266 e. The van der Waals surface area contributed by atoms with Crippen molar-refractivity contribution in [2.24, 2.45) is 0 Å². The third-order valence-corrected chi connectivity index (χ3v) is 5.26. The molecule has 0 atom stereocenters. The van der Waals surface area contributed by atoms with Crippen LogP contribution in [0.3, 0.4) is 0 Å². The van der Waals surface area contributed by atoms with Gasteiger partial charge in [-0.25, -0.2) is 8.42 Å². The number of pyridine rings is 1. The highest BCUT2D eigenvalue weighted by Crippen LogP contribution is 2.28. The number of aromatic nitrogens is 3. The number of hydrogen-bond donors (Lipinski definition) is 1. The number of nitrogens with zero attached hydrogens (tertiary/aromatic N) is 3. The van der Waals surface area contributed by atoms with Gasteiger partial charge in [0.1, 0.15) is 10.6 Å². The van der Waals surface area contributed by atoms with Crippen LogP contribution in [-0.2, 0) is 16.6 Å². The van der Waals surface area contributed by atoms with E-state index in [2.05, 4.69) is 30.7 Å². The van der Waals surface area contributed by atoms with Gasteiger partial charge in [0.15, 0.2) is 5.82 Å². The fourth-order valence-electron chi connectivity index (χ4n) is 2.23. The zero-order valence-corrected chi connectivity index (χ0v) is 15.7. The van der Waals surface area contributed by atoms with E-state index in [1.165, 1.54) is 13.2 Å². The predicted molar refractivity (Wildman–Crippen MR) is 97.1 cm³/mol. The highest BCUT2D eigenvalue weighted by Gasteiger charge is 2.21. The fraction of sp³-hybridized carbons (Fsp3) is 0.125. The van der Waals surface area contributed by atoms with Crippen LogP contribution < -0.4 is 9.46 Å². The molecule has 0 spiro atoms. The van der Waals surface area contributed by atoms with Gasteiger partial charge in [0.05, 0.1) is 13.7 Å². The first kappa shape index (κ1) is 17.4. The van der Waals surface area contributed by atoms with Crippen LogP contribution in [0.5, 0.6) is 5.75 Å². The van der Waals surface area contributed by atoms with Gasteiger partial charge < -0.3 is 4.74 Å². The van der Waals surface area contributed by atoms with E-state index < -0.39 is 10.0 Å². The first-order valence-electron chi connectivity index (χ1n) is 7.26. The molecule has 0 amide bonds. The highest BCUT2D eigenvalue weighted by atomic mass is 79.9. The molecule has 7 nitrogen and oxygen atoms in total. The van der Waals surface area contributed by atoms with Gasteiger partial charge in [-0.1, -0.05) is 15.9 Å². The zero-order chi connectivity index (χ0) is 17.9. The normalized spacial score (nSPS) is 11.3. The van der Waals surface area contributed by atoms with Gasteiger partial charge in [-0.05, 0) is 35.9 Å². The molecule has 1 aromatic carbocycles. The van der Waals surface area contributed by atoms with E-state index in [4.69, 9.17) is 4.74 Å². The number of hydrogen-bond acceptors (Lipinski definition) is 5. The van der Waals surface area contributed by atoms with Gasteiger partial charge in [-0.3, -0.25) is 14.4 Å². The average Bonchev–Trinajstić information content (AvgIpc) is 3.02. The number of ether oxygens (including phenoxy) is 1. The number of sulfonamides is 1. The second kappa shape index (κ2) is 7.24. The SMILES string of the molecule is COc1ccc(Br)cc1S(=O)(=O)Nc1ccn(Cc2ccncc2)n1. The van der Waals surface area contributed by atoms with Crippen LogP contribution in [0.2, 0.25) is 0 Å². The fourth-order valence-corrected chi connectivity index (χ4v) is 3.94.